The van der Waals surface area contributed by atoms with Crippen LogP contribution in [0.2, 0.25) is 0 Å². The molecule has 1 aromatic carbocycles. The fourth-order valence-electron chi connectivity index (χ4n) is 2.67. The highest BCUT2D eigenvalue weighted by Crippen LogP contribution is 2.34. The van der Waals surface area contributed by atoms with Gasteiger partial charge in [-0.1, -0.05) is 19.3 Å². The zero-order chi connectivity index (χ0) is 12.8. The summed E-state index contributed by atoms with van der Waals surface area (Å²) in [6.45, 7) is 0. The number of nitrogens with zero attached hydrogens (tertiary/aromatic N) is 1. The Hall–Kier alpha value is -1.49. The fourth-order valence-corrected chi connectivity index (χ4v) is 2.67. The molecule has 0 spiro atoms. The van der Waals surface area contributed by atoms with E-state index in [1.807, 2.05) is 0 Å². The van der Waals surface area contributed by atoms with Crippen molar-refractivity contribution in [2.24, 2.45) is 5.73 Å². The predicted octanol–water partition coefficient (Wildman–Crippen LogP) is 2.96. The number of aromatic amines is 1. The average molecular weight is 251 g/mol. The van der Waals surface area contributed by atoms with Gasteiger partial charge in [0, 0.05) is 0 Å². The SMILES string of the molecule is NC1(c2nc3c(F)c(F)ccc3[nH]2)CCCCC1. The maximum Gasteiger partial charge on any atom is 0.186 e. The highest BCUT2D eigenvalue weighted by atomic mass is 19.2. The van der Waals surface area contributed by atoms with Crippen LogP contribution in [-0.2, 0) is 5.54 Å². The lowest BCUT2D eigenvalue weighted by Gasteiger charge is -2.31. The molecule has 2 aromatic rings. The molecule has 5 heteroatoms. The third-order valence-corrected chi connectivity index (χ3v) is 3.76. The van der Waals surface area contributed by atoms with Gasteiger partial charge in [-0.05, 0) is 25.0 Å². The number of nitrogens with two attached hydrogens (primary N) is 1. The highest BCUT2D eigenvalue weighted by molar-refractivity contribution is 5.76. The van der Waals surface area contributed by atoms with E-state index in [4.69, 9.17) is 5.73 Å². The predicted molar refractivity (Wildman–Crippen MR) is 65.0 cm³/mol. The second-order valence-electron chi connectivity index (χ2n) is 5.06. The molecule has 0 unspecified atom stereocenters. The van der Waals surface area contributed by atoms with Gasteiger partial charge in [0.25, 0.3) is 0 Å². The number of hydrogen-bond donors (Lipinski definition) is 2. The van der Waals surface area contributed by atoms with Gasteiger partial charge in [0.15, 0.2) is 11.6 Å². The number of rotatable bonds is 1. The van der Waals surface area contributed by atoms with Gasteiger partial charge in [-0.25, -0.2) is 13.8 Å². The summed E-state index contributed by atoms with van der Waals surface area (Å²) in [5.74, 6) is -1.22. The molecule has 0 saturated heterocycles. The zero-order valence-corrected chi connectivity index (χ0v) is 9.97. The number of benzene rings is 1. The Morgan fingerprint density at radius 3 is 2.61 bits per heavy atom. The molecule has 0 radical (unpaired) electrons. The molecule has 0 bridgehead atoms. The Balaban J connectivity index is 2.10. The van der Waals surface area contributed by atoms with Crippen molar-refractivity contribution in [1.82, 2.24) is 9.97 Å². The van der Waals surface area contributed by atoms with Gasteiger partial charge >= 0.3 is 0 Å². The molecule has 96 valence electrons. The number of hydrogen-bond acceptors (Lipinski definition) is 2. The summed E-state index contributed by atoms with van der Waals surface area (Å²) in [6.07, 6.45) is 4.92. The fraction of sp³-hybridized carbons (Fsp3) is 0.462. The summed E-state index contributed by atoms with van der Waals surface area (Å²) in [5.41, 5.74) is 6.34. The lowest BCUT2D eigenvalue weighted by Crippen LogP contribution is -2.39. The molecule has 0 amide bonds. The number of aromatic nitrogens is 2. The Labute approximate surface area is 103 Å². The van der Waals surface area contributed by atoms with Crippen molar-refractivity contribution in [3.8, 4) is 0 Å². The summed E-state index contributed by atoms with van der Waals surface area (Å²) in [7, 11) is 0. The molecule has 1 fully saturated rings. The molecule has 18 heavy (non-hydrogen) atoms. The van der Waals surface area contributed by atoms with Gasteiger partial charge in [-0.3, -0.25) is 0 Å². The van der Waals surface area contributed by atoms with Crippen molar-refractivity contribution in [3.63, 3.8) is 0 Å². The van der Waals surface area contributed by atoms with E-state index in [0.717, 1.165) is 31.7 Å². The third kappa shape index (κ3) is 1.70. The van der Waals surface area contributed by atoms with Crippen LogP contribution in [0, 0.1) is 11.6 Å². The van der Waals surface area contributed by atoms with E-state index < -0.39 is 17.2 Å². The first-order valence-corrected chi connectivity index (χ1v) is 6.23. The van der Waals surface area contributed by atoms with E-state index in [-0.39, 0.29) is 5.52 Å². The van der Waals surface area contributed by atoms with Gasteiger partial charge in [0.05, 0.1) is 11.1 Å². The van der Waals surface area contributed by atoms with Gasteiger partial charge in [-0.15, -0.1) is 0 Å². The smallest absolute Gasteiger partial charge is 0.186 e. The quantitative estimate of drug-likeness (QED) is 0.818. The van der Waals surface area contributed by atoms with Gasteiger partial charge in [-0.2, -0.15) is 0 Å². The largest absolute Gasteiger partial charge is 0.340 e. The van der Waals surface area contributed by atoms with Crippen molar-refractivity contribution in [2.45, 2.75) is 37.6 Å². The molecule has 1 aliphatic rings. The molecule has 3 nitrogen and oxygen atoms in total. The second-order valence-corrected chi connectivity index (χ2v) is 5.06. The Morgan fingerprint density at radius 1 is 1.17 bits per heavy atom. The Kier molecular flexibility index (Phi) is 2.59. The number of nitrogens with one attached hydrogen (secondary N) is 1. The minimum absolute atomic E-state index is 0.0420. The van der Waals surface area contributed by atoms with Crippen molar-refractivity contribution in [2.75, 3.05) is 0 Å². The van der Waals surface area contributed by atoms with Crippen LogP contribution in [-0.4, -0.2) is 9.97 Å². The van der Waals surface area contributed by atoms with Crippen LogP contribution in [0.25, 0.3) is 11.0 Å². The Morgan fingerprint density at radius 2 is 1.89 bits per heavy atom. The average Bonchev–Trinajstić information content (AvgIpc) is 2.80. The first-order chi connectivity index (χ1) is 8.60. The molecular formula is C13H15F2N3. The Bertz CT molecular complexity index is 585. The van der Waals surface area contributed by atoms with Crippen LogP contribution in [0.3, 0.4) is 0 Å². The van der Waals surface area contributed by atoms with E-state index in [9.17, 15) is 8.78 Å². The van der Waals surface area contributed by atoms with Crippen LogP contribution >= 0.6 is 0 Å². The molecular weight excluding hydrogens is 236 g/mol. The van der Waals surface area contributed by atoms with E-state index in [1.165, 1.54) is 12.5 Å². The first kappa shape index (κ1) is 11.6. The van der Waals surface area contributed by atoms with E-state index in [0.29, 0.717) is 11.3 Å². The van der Waals surface area contributed by atoms with E-state index in [1.54, 1.807) is 0 Å². The first-order valence-electron chi connectivity index (χ1n) is 6.23. The van der Waals surface area contributed by atoms with Crippen molar-refractivity contribution in [1.29, 1.82) is 0 Å². The number of imidazole rings is 1. The van der Waals surface area contributed by atoms with E-state index in [2.05, 4.69) is 9.97 Å². The molecule has 1 aromatic heterocycles. The molecule has 0 atom stereocenters. The maximum absolute atomic E-state index is 13.6. The van der Waals surface area contributed by atoms with Crippen molar-refractivity contribution in [3.05, 3.63) is 29.6 Å². The molecule has 0 aliphatic heterocycles. The lowest BCUT2D eigenvalue weighted by atomic mass is 9.82. The summed E-state index contributed by atoms with van der Waals surface area (Å²) >= 11 is 0. The maximum atomic E-state index is 13.6. The van der Waals surface area contributed by atoms with Crippen LogP contribution in [0.15, 0.2) is 12.1 Å². The van der Waals surface area contributed by atoms with Crippen molar-refractivity contribution < 1.29 is 8.78 Å². The lowest BCUT2D eigenvalue weighted by molar-refractivity contribution is 0.289. The topological polar surface area (TPSA) is 54.7 Å². The van der Waals surface area contributed by atoms with Crippen molar-refractivity contribution >= 4 is 11.0 Å². The van der Waals surface area contributed by atoms with Gasteiger partial charge in [0.2, 0.25) is 0 Å². The minimum Gasteiger partial charge on any atom is -0.340 e. The summed E-state index contributed by atoms with van der Waals surface area (Å²) in [6, 6.07) is 2.60. The second kappa shape index (κ2) is 4.02. The highest BCUT2D eigenvalue weighted by Gasteiger charge is 2.32. The summed E-state index contributed by atoms with van der Waals surface area (Å²) < 4.78 is 26.7. The molecule has 3 N–H and O–H groups in total. The van der Waals surface area contributed by atoms with E-state index >= 15 is 0 Å². The van der Waals surface area contributed by atoms with Crippen LogP contribution in [0.4, 0.5) is 8.78 Å². The number of H-pyrrole nitrogens is 1. The van der Waals surface area contributed by atoms with Crippen LogP contribution in [0.5, 0.6) is 0 Å². The van der Waals surface area contributed by atoms with Gasteiger partial charge in [0.1, 0.15) is 11.3 Å². The summed E-state index contributed by atoms with van der Waals surface area (Å²) in [5, 5.41) is 0. The zero-order valence-electron chi connectivity index (χ0n) is 9.97. The number of fused-ring (bicyclic) bond motifs is 1. The molecule has 3 rings (SSSR count). The monoisotopic (exact) mass is 251 g/mol. The number of halogens is 2. The summed E-state index contributed by atoms with van der Waals surface area (Å²) in [4.78, 5) is 7.20. The van der Waals surface area contributed by atoms with Crippen LogP contribution in [0.1, 0.15) is 37.9 Å². The molecule has 1 saturated carbocycles. The minimum atomic E-state index is -0.908. The normalized spacial score (nSPS) is 19.3. The molecule has 1 heterocycles. The van der Waals surface area contributed by atoms with Crippen LogP contribution < -0.4 is 5.73 Å². The van der Waals surface area contributed by atoms with Gasteiger partial charge < -0.3 is 10.7 Å². The molecule has 1 aliphatic carbocycles. The standard InChI is InChI=1S/C13H15F2N3/c14-8-4-5-9-11(10(8)15)18-12(17-9)13(16)6-2-1-3-7-13/h4-5H,1-3,6-7,16H2,(H,17,18). The third-order valence-electron chi connectivity index (χ3n) is 3.76.